The van der Waals surface area contributed by atoms with Gasteiger partial charge in [0.25, 0.3) is 0 Å². The van der Waals surface area contributed by atoms with Gasteiger partial charge in [-0.1, -0.05) is 25.1 Å². The van der Waals surface area contributed by atoms with Crippen LogP contribution in [0, 0.1) is 0 Å². The number of rotatable bonds is 2. The molecule has 3 heteroatoms. The van der Waals surface area contributed by atoms with E-state index >= 15 is 0 Å². The zero-order valence-electron chi connectivity index (χ0n) is 12.2. The lowest BCUT2D eigenvalue weighted by Gasteiger charge is -2.22. The Labute approximate surface area is 119 Å². The molecule has 104 valence electrons. The van der Waals surface area contributed by atoms with E-state index in [0.717, 1.165) is 23.2 Å². The number of hydrogen-bond donors (Lipinski definition) is 1. The van der Waals surface area contributed by atoms with Crippen LogP contribution in [-0.2, 0) is 11.2 Å². The molecule has 0 fully saturated rings. The number of fused-ring (bicyclic) bond motifs is 3. The SMILES string of the molecule is CCC1=CN(C(C)C)C(=O)Cc2c1[nH]c1ccccc21. The number of amides is 1. The van der Waals surface area contributed by atoms with Crippen LogP contribution in [0.2, 0.25) is 0 Å². The van der Waals surface area contributed by atoms with Gasteiger partial charge in [-0.2, -0.15) is 0 Å². The van der Waals surface area contributed by atoms with E-state index in [-0.39, 0.29) is 11.9 Å². The van der Waals surface area contributed by atoms with Crippen LogP contribution in [0.5, 0.6) is 0 Å². The molecule has 0 spiro atoms. The van der Waals surface area contributed by atoms with E-state index in [4.69, 9.17) is 0 Å². The topological polar surface area (TPSA) is 36.1 Å². The monoisotopic (exact) mass is 268 g/mol. The number of para-hydroxylation sites is 1. The Bertz CT molecular complexity index is 694. The largest absolute Gasteiger partial charge is 0.355 e. The number of carbonyl (C=O) groups excluding carboxylic acids is 1. The predicted octanol–water partition coefficient (Wildman–Crippen LogP) is 3.71. The highest BCUT2D eigenvalue weighted by atomic mass is 16.2. The molecule has 20 heavy (non-hydrogen) atoms. The van der Waals surface area contributed by atoms with Crippen LogP contribution in [0.1, 0.15) is 38.4 Å². The fourth-order valence-corrected chi connectivity index (χ4v) is 2.91. The molecule has 1 aliphatic heterocycles. The normalized spacial score (nSPS) is 15.5. The number of H-pyrrole nitrogens is 1. The average Bonchev–Trinajstić information content (AvgIpc) is 2.71. The van der Waals surface area contributed by atoms with Crippen molar-refractivity contribution >= 4 is 22.4 Å². The summed E-state index contributed by atoms with van der Waals surface area (Å²) in [6.45, 7) is 6.24. The van der Waals surface area contributed by atoms with E-state index < -0.39 is 0 Å². The minimum absolute atomic E-state index is 0.175. The third-order valence-electron chi connectivity index (χ3n) is 3.98. The predicted molar refractivity (Wildman–Crippen MR) is 82.3 cm³/mol. The van der Waals surface area contributed by atoms with Crippen LogP contribution < -0.4 is 0 Å². The molecule has 0 aliphatic carbocycles. The van der Waals surface area contributed by atoms with Crippen molar-refractivity contribution < 1.29 is 4.79 Å². The molecule has 1 aromatic carbocycles. The van der Waals surface area contributed by atoms with E-state index in [1.807, 2.05) is 23.2 Å². The fourth-order valence-electron chi connectivity index (χ4n) is 2.91. The maximum atomic E-state index is 12.5. The summed E-state index contributed by atoms with van der Waals surface area (Å²) in [6, 6.07) is 8.41. The van der Waals surface area contributed by atoms with Crippen molar-refractivity contribution in [1.82, 2.24) is 9.88 Å². The van der Waals surface area contributed by atoms with Gasteiger partial charge in [0.1, 0.15) is 0 Å². The Morgan fingerprint density at radius 1 is 1.30 bits per heavy atom. The summed E-state index contributed by atoms with van der Waals surface area (Å²) in [4.78, 5) is 17.8. The van der Waals surface area contributed by atoms with Gasteiger partial charge in [0.2, 0.25) is 5.91 Å². The van der Waals surface area contributed by atoms with Crippen LogP contribution in [-0.4, -0.2) is 21.8 Å². The molecular weight excluding hydrogens is 248 g/mol. The molecule has 3 rings (SSSR count). The van der Waals surface area contributed by atoms with Gasteiger partial charge in [-0.15, -0.1) is 0 Å². The summed E-state index contributed by atoms with van der Waals surface area (Å²) >= 11 is 0. The first-order valence-electron chi connectivity index (χ1n) is 7.23. The highest BCUT2D eigenvalue weighted by Crippen LogP contribution is 2.32. The van der Waals surface area contributed by atoms with Gasteiger partial charge in [0.05, 0.1) is 6.42 Å². The second-order valence-electron chi connectivity index (χ2n) is 5.60. The molecule has 0 bridgehead atoms. The minimum Gasteiger partial charge on any atom is -0.355 e. The second-order valence-corrected chi connectivity index (χ2v) is 5.60. The van der Waals surface area contributed by atoms with Crippen molar-refractivity contribution in [2.45, 2.75) is 39.7 Å². The molecule has 0 unspecified atom stereocenters. The van der Waals surface area contributed by atoms with Gasteiger partial charge in [-0.25, -0.2) is 0 Å². The number of aromatic amines is 1. The van der Waals surface area contributed by atoms with E-state index in [9.17, 15) is 4.79 Å². The number of benzene rings is 1. The Hall–Kier alpha value is -2.03. The average molecular weight is 268 g/mol. The highest BCUT2D eigenvalue weighted by Gasteiger charge is 2.25. The number of carbonyl (C=O) groups is 1. The first-order chi connectivity index (χ1) is 9.61. The molecule has 0 atom stereocenters. The molecule has 1 N–H and O–H groups in total. The smallest absolute Gasteiger partial charge is 0.231 e. The number of nitrogens with one attached hydrogen (secondary N) is 1. The minimum atomic E-state index is 0.175. The van der Waals surface area contributed by atoms with Gasteiger partial charge in [-0.3, -0.25) is 4.79 Å². The van der Waals surface area contributed by atoms with Crippen LogP contribution in [0.25, 0.3) is 16.5 Å². The van der Waals surface area contributed by atoms with Crippen molar-refractivity contribution in [3.05, 3.63) is 41.7 Å². The summed E-state index contributed by atoms with van der Waals surface area (Å²) in [5.74, 6) is 0.175. The summed E-state index contributed by atoms with van der Waals surface area (Å²) in [6.07, 6.45) is 3.40. The summed E-state index contributed by atoms with van der Waals surface area (Å²) in [7, 11) is 0. The molecule has 0 saturated carbocycles. The molecule has 1 aromatic heterocycles. The Balaban J connectivity index is 2.22. The lowest BCUT2D eigenvalue weighted by molar-refractivity contribution is -0.129. The van der Waals surface area contributed by atoms with Crippen molar-refractivity contribution in [2.24, 2.45) is 0 Å². The fraction of sp³-hybridized carbons (Fsp3) is 0.353. The molecule has 0 radical (unpaired) electrons. The molecule has 3 nitrogen and oxygen atoms in total. The van der Waals surface area contributed by atoms with Gasteiger partial charge in [0.15, 0.2) is 0 Å². The van der Waals surface area contributed by atoms with Crippen LogP contribution >= 0.6 is 0 Å². The maximum Gasteiger partial charge on any atom is 0.231 e. The van der Waals surface area contributed by atoms with Crippen molar-refractivity contribution in [1.29, 1.82) is 0 Å². The number of hydrogen-bond acceptors (Lipinski definition) is 1. The lowest BCUT2D eigenvalue weighted by Crippen LogP contribution is -2.32. The second kappa shape index (κ2) is 4.82. The zero-order chi connectivity index (χ0) is 14.3. The first kappa shape index (κ1) is 13.0. The zero-order valence-corrected chi connectivity index (χ0v) is 12.2. The van der Waals surface area contributed by atoms with E-state index in [1.54, 1.807) is 0 Å². The lowest BCUT2D eigenvalue weighted by atomic mass is 10.0. The highest BCUT2D eigenvalue weighted by molar-refractivity contribution is 5.96. The standard InChI is InChI=1S/C17H20N2O/c1-4-12-10-19(11(2)3)16(20)9-14-13-7-5-6-8-15(13)18-17(12)14/h5-8,10-11,18H,4,9H2,1-3H3. The molecule has 2 aromatic rings. The van der Waals surface area contributed by atoms with Gasteiger partial charge >= 0.3 is 0 Å². The number of allylic oxidation sites excluding steroid dienone is 1. The molecule has 1 aliphatic rings. The van der Waals surface area contributed by atoms with E-state index in [2.05, 4.69) is 37.9 Å². The van der Waals surface area contributed by atoms with Crippen LogP contribution in [0.3, 0.4) is 0 Å². The maximum absolute atomic E-state index is 12.5. The molecule has 2 heterocycles. The Kier molecular flexibility index (Phi) is 3.13. The van der Waals surface area contributed by atoms with Crippen LogP contribution in [0.15, 0.2) is 30.5 Å². The van der Waals surface area contributed by atoms with Gasteiger partial charge < -0.3 is 9.88 Å². The Morgan fingerprint density at radius 2 is 2.05 bits per heavy atom. The summed E-state index contributed by atoms with van der Waals surface area (Å²) < 4.78 is 0. The van der Waals surface area contributed by atoms with Crippen molar-refractivity contribution in [2.75, 3.05) is 0 Å². The number of nitrogens with zero attached hydrogens (tertiary/aromatic N) is 1. The summed E-state index contributed by atoms with van der Waals surface area (Å²) in [5.41, 5.74) is 4.59. The third-order valence-corrected chi connectivity index (χ3v) is 3.98. The van der Waals surface area contributed by atoms with Crippen LogP contribution in [0.4, 0.5) is 0 Å². The molecule has 0 saturated heterocycles. The first-order valence-corrected chi connectivity index (χ1v) is 7.23. The van der Waals surface area contributed by atoms with Gasteiger partial charge in [-0.05, 0) is 37.5 Å². The Morgan fingerprint density at radius 3 is 2.75 bits per heavy atom. The van der Waals surface area contributed by atoms with E-state index in [1.165, 1.54) is 11.0 Å². The summed E-state index contributed by atoms with van der Waals surface area (Å²) in [5, 5.41) is 1.17. The number of aromatic nitrogens is 1. The van der Waals surface area contributed by atoms with Gasteiger partial charge in [0, 0.05) is 28.8 Å². The molecular formula is C17H20N2O. The van der Waals surface area contributed by atoms with E-state index in [0.29, 0.717) is 6.42 Å². The third kappa shape index (κ3) is 1.94. The van der Waals surface area contributed by atoms with Crippen molar-refractivity contribution in [3.8, 4) is 0 Å². The molecule has 1 amide bonds. The quantitative estimate of drug-likeness (QED) is 0.885. The van der Waals surface area contributed by atoms with Crippen molar-refractivity contribution in [3.63, 3.8) is 0 Å².